The van der Waals surface area contributed by atoms with E-state index >= 15 is 0 Å². The molecule has 0 spiro atoms. The topological polar surface area (TPSA) is 68.1 Å². The first-order valence-electron chi connectivity index (χ1n) is 7.75. The summed E-state index contributed by atoms with van der Waals surface area (Å²) in [6.45, 7) is 0. The molecule has 0 N–H and O–H groups in total. The highest BCUT2D eigenvalue weighted by atomic mass is 127. The van der Waals surface area contributed by atoms with Crippen molar-refractivity contribution in [3.63, 3.8) is 0 Å². The number of amides is 2. The van der Waals surface area contributed by atoms with Gasteiger partial charge in [0, 0.05) is 5.56 Å². The van der Waals surface area contributed by atoms with Crippen LogP contribution in [-0.4, -0.2) is 26.8 Å². The first-order chi connectivity index (χ1) is 12.2. The van der Waals surface area contributed by atoms with Crippen LogP contribution >= 0.6 is 22.6 Å². The van der Waals surface area contributed by atoms with Gasteiger partial charge in [-0.15, -0.1) is 5.10 Å². The molecule has 1 aromatic heterocycles. The second kappa shape index (κ2) is 6.40. The molecule has 25 heavy (non-hydrogen) atoms. The van der Waals surface area contributed by atoms with E-state index in [4.69, 9.17) is 0 Å². The van der Waals surface area contributed by atoms with Gasteiger partial charge in [-0.2, -0.15) is 0 Å². The molecule has 1 atom stereocenters. The number of nitrogens with zero attached hydrogens (tertiary/aromatic N) is 4. The Balaban J connectivity index is 1.69. The average Bonchev–Trinajstić information content (AvgIpc) is 3.16. The fourth-order valence-electron chi connectivity index (χ4n) is 2.91. The summed E-state index contributed by atoms with van der Waals surface area (Å²) in [4.78, 5) is 26.5. The van der Waals surface area contributed by atoms with Gasteiger partial charge in [0.05, 0.1) is 12.1 Å². The van der Waals surface area contributed by atoms with Crippen LogP contribution in [0.25, 0.3) is 11.3 Å². The highest BCUT2D eigenvalue weighted by Crippen LogP contribution is 2.32. The van der Waals surface area contributed by atoms with Gasteiger partial charge in [0.1, 0.15) is 15.4 Å². The number of carbonyl (C=O) groups excluding carboxylic acids is 2. The van der Waals surface area contributed by atoms with E-state index in [1.54, 1.807) is 28.9 Å². The van der Waals surface area contributed by atoms with Crippen molar-refractivity contribution in [1.29, 1.82) is 0 Å². The molecule has 2 aromatic carbocycles. The maximum Gasteiger partial charge on any atom is 0.259 e. The summed E-state index contributed by atoms with van der Waals surface area (Å²) in [7, 11) is 0. The summed E-state index contributed by atoms with van der Waals surface area (Å²) >= 11 is 2.12. The van der Waals surface area contributed by atoms with E-state index in [9.17, 15) is 9.59 Å². The molecule has 1 aliphatic heterocycles. The standard InChI is InChI=1S/C18H13IN4O2/c19-17-16(12-7-3-1-4-8-12)20-21-23(17)14-11-15(24)22(18(14)25)13-9-5-2-6-10-13/h1-10,14H,11H2. The molecular weight excluding hydrogens is 431 g/mol. The maximum atomic E-state index is 12.8. The smallest absolute Gasteiger partial charge is 0.259 e. The van der Waals surface area contributed by atoms with Crippen LogP contribution < -0.4 is 4.90 Å². The Bertz CT molecular complexity index is 940. The molecule has 1 saturated heterocycles. The zero-order valence-electron chi connectivity index (χ0n) is 13.0. The molecule has 2 amide bonds. The quantitative estimate of drug-likeness (QED) is 0.460. The molecule has 6 nitrogen and oxygen atoms in total. The van der Waals surface area contributed by atoms with Crippen molar-refractivity contribution >= 4 is 40.1 Å². The molecule has 4 rings (SSSR count). The lowest BCUT2D eigenvalue weighted by Crippen LogP contribution is -2.31. The van der Waals surface area contributed by atoms with Crippen LogP contribution in [0.1, 0.15) is 12.5 Å². The van der Waals surface area contributed by atoms with Crippen molar-refractivity contribution in [3.8, 4) is 11.3 Å². The van der Waals surface area contributed by atoms with E-state index in [1.165, 1.54) is 4.90 Å². The molecule has 7 heteroatoms. The average molecular weight is 444 g/mol. The summed E-state index contributed by atoms with van der Waals surface area (Å²) < 4.78 is 2.29. The molecule has 124 valence electrons. The number of benzene rings is 2. The van der Waals surface area contributed by atoms with Crippen molar-refractivity contribution < 1.29 is 9.59 Å². The van der Waals surface area contributed by atoms with Crippen molar-refractivity contribution in [1.82, 2.24) is 15.0 Å². The number of hydrogen-bond acceptors (Lipinski definition) is 4. The normalized spacial score (nSPS) is 17.3. The van der Waals surface area contributed by atoms with E-state index < -0.39 is 6.04 Å². The molecule has 0 bridgehead atoms. The van der Waals surface area contributed by atoms with Crippen LogP contribution in [0.5, 0.6) is 0 Å². The zero-order valence-corrected chi connectivity index (χ0v) is 15.2. The number of hydrogen-bond donors (Lipinski definition) is 0. The maximum absolute atomic E-state index is 12.8. The molecule has 1 fully saturated rings. The Kier molecular flexibility index (Phi) is 4.08. The van der Waals surface area contributed by atoms with E-state index in [-0.39, 0.29) is 18.2 Å². The van der Waals surface area contributed by atoms with Crippen LogP contribution in [0.2, 0.25) is 0 Å². The molecule has 0 aliphatic carbocycles. The fourth-order valence-corrected chi connectivity index (χ4v) is 3.76. The predicted molar refractivity (Wildman–Crippen MR) is 101 cm³/mol. The monoisotopic (exact) mass is 444 g/mol. The lowest BCUT2D eigenvalue weighted by molar-refractivity contribution is -0.122. The van der Waals surface area contributed by atoms with Crippen molar-refractivity contribution in [2.24, 2.45) is 0 Å². The van der Waals surface area contributed by atoms with Crippen molar-refractivity contribution in [3.05, 3.63) is 64.4 Å². The van der Waals surface area contributed by atoms with Gasteiger partial charge in [-0.3, -0.25) is 9.59 Å². The summed E-state index contributed by atoms with van der Waals surface area (Å²) in [5.74, 6) is -0.507. The minimum atomic E-state index is -0.662. The van der Waals surface area contributed by atoms with E-state index in [1.807, 2.05) is 36.4 Å². The number of imide groups is 1. The molecular formula is C18H13IN4O2. The highest BCUT2D eigenvalue weighted by molar-refractivity contribution is 14.1. The van der Waals surface area contributed by atoms with Crippen LogP contribution in [-0.2, 0) is 9.59 Å². The predicted octanol–water partition coefficient (Wildman–Crippen LogP) is 3.05. The van der Waals surface area contributed by atoms with Crippen LogP contribution in [0.15, 0.2) is 60.7 Å². The Morgan fingerprint density at radius 3 is 2.28 bits per heavy atom. The Labute approximate surface area is 157 Å². The van der Waals surface area contributed by atoms with Crippen molar-refractivity contribution in [2.45, 2.75) is 12.5 Å². The Hall–Kier alpha value is -2.55. The van der Waals surface area contributed by atoms with Gasteiger partial charge in [0.25, 0.3) is 5.91 Å². The van der Waals surface area contributed by atoms with E-state index in [2.05, 4.69) is 32.9 Å². The first kappa shape index (κ1) is 15.9. The zero-order chi connectivity index (χ0) is 17.4. The minimum absolute atomic E-state index is 0.0846. The minimum Gasteiger partial charge on any atom is -0.274 e. The van der Waals surface area contributed by atoms with Gasteiger partial charge >= 0.3 is 0 Å². The number of halogens is 1. The molecule has 1 unspecified atom stereocenters. The second-order valence-electron chi connectivity index (χ2n) is 5.66. The highest BCUT2D eigenvalue weighted by Gasteiger charge is 2.42. The lowest BCUT2D eigenvalue weighted by Gasteiger charge is -2.15. The SMILES string of the molecule is O=C1CC(n2nnc(-c3ccccc3)c2I)C(=O)N1c1ccccc1. The van der Waals surface area contributed by atoms with E-state index in [0.717, 1.165) is 9.26 Å². The lowest BCUT2D eigenvalue weighted by atomic mass is 10.2. The largest absolute Gasteiger partial charge is 0.274 e. The molecule has 0 radical (unpaired) electrons. The first-order valence-corrected chi connectivity index (χ1v) is 8.82. The van der Waals surface area contributed by atoms with Gasteiger partial charge in [-0.25, -0.2) is 9.58 Å². The van der Waals surface area contributed by atoms with Gasteiger partial charge in [-0.05, 0) is 34.7 Å². The summed E-state index contributed by atoms with van der Waals surface area (Å²) in [5, 5.41) is 8.36. The van der Waals surface area contributed by atoms with Gasteiger partial charge < -0.3 is 0 Å². The van der Waals surface area contributed by atoms with Gasteiger partial charge in [0.15, 0.2) is 0 Å². The molecule has 2 heterocycles. The van der Waals surface area contributed by atoms with Gasteiger partial charge in [0.2, 0.25) is 5.91 Å². The number of para-hydroxylation sites is 1. The van der Waals surface area contributed by atoms with Crippen LogP contribution in [0, 0.1) is 3.70 Å². The third-order valence-electron chi connectivity index (χ3n) is 4.12. The van der Waals surface area contributed by atoms with Crippen molar-refractivity contribution in [2.75, 3.05) is 4.90 Å². The van der Waals surface area contributed by atoms with Crippen LogP contribution in [0.3, 0.4) is 0 Å². The van der Waals surface area contributed by atoms with E-state index in [0.29, 0.717) is 11.4 Å². The fraction of sp³-hybridized carbons (Fsp3) is 0.111. The van der Waals surface area contributed by atoms with Crippen LogP contribution in [0.4, 0.5) is 5.69 Å². The third kappa shape index (κ3) is 2.74. The Morgan fingerprint density at radius 1 is 0.960 bits per heavy atom. The number of aromatic nitrogens is 3. The number of rotatable bonds is 3. The molecule has 1 aliphatic rings. The second-order valence-corrected chi connectivity index (χ2v) is 6.68. The number of anilines is 1. The Morgan fingerprint density at radius 2 is 1.60 bits per heavy atom. The molecule has 0 saturated carbocycles. The summed E-state index contributed by atoms with van der Waals surface area (Å²) in [6, 6.07) is 17.9. The summed E-state index contributed by atoms with van der Waals surface area (Å²) in [5.41, 5.74) is 2.22. The third-order valence-corrected chi connectivity index (χ3v) is 5.12. The summed E-state index contributed by atoms with van der Waals surface area (Å²) in [6.07, 6.45) is 0.0846. The van der Waals surface area contributed by atoms with Gasteiger partial charge in [-0.1, -0.05) is 53.7 Å². The number of carbonyl (C=O) groups is 2. The molecule has 3 aromatic rings.